The summed E-state index contributed by atoms with van der Waals surface area (Å²) in [5.74, 6) is 0. The van der Waals surface area contributed by atoms with Crippen molar-refractivity contribution in [2.75, 3.05) is 0 Å². The number of fused-ring (bicyclic) bond motifs is 3. The molecule has 0 atom stereocenters. The average Bonchev–Trinajstić information content (AvgIpc) is 2.56. The van der Waals surface area contributed by atoms with E-state index in [0.717, 1.165) is 12.1 Å². The van der Waals surface area contributed by atoms with Gasteiger partial charge in [0.15, 0.2) is 0 Å². The summed E-state index contributed by atoms with van der Waals surface area (Å²) in [6.07, 6.45) is 3.67. The molecule has 0 unspecified atom stereocenters. The zero-order valence-corrected chi connectivity index (χ0v) is 11.2. The van der Waals surface area contributed by atoms with Crippen molar-refractivity contribution in [2.24, 2.45) is 0 Å². The summed E-state index contributed by atoms with van der Waals surface area (Å²) in [7, 11) is 0. The van der Waals surface area contributed by atoms with Crippen LogP contribution in [-0.2, 0) is 11.8 Å². The number of hydrogen-bond donors (Lipinski definition) is 0. The molecule has 0 saturated heterocycles. The first-order valence-electron chi connectivity index (χ1n) is 6.48. The van der Waals surface area contributed by atoms with Crippen molar-refractivity contribution in [2.45, 2.75) is 52.4 Å². The van der Waals surface area contributed by atoms with Crippen molar-refractivity contribution in [3.8, 4) is 0 Å². The van der Waals surface area contributed by atoms with E-state index >= 15 is 0 Å². The van der Waals surface area contributed by atoms with Gasteiger partial charge in [-0.1, -0.05) is 13.8 Å². The van der Waals surface area contributed by atoms with E-state index in [1.54, 1.807) is 0 Å². The van der Waals surface area contributed by atoms with Crippen LogP contribution in [-0.4, -0.2) is 9.38 Å². The van der Waals surface area contributed by atoms with Crippen molar-refractivity contribution in [1.82, 2.24) is 9.38 Å². The molecule has 2 aromatic heterocycles. The summed E-state index contributed by atoms with van der Waals surface area (Å²) >= 11 is 0. The summed E-state index contributed by atoms with van der Waals surface area (Å²) in [4.78, 5) is 4.83. The van der Waals surface area contributed by atoms with Gasteiger partial charge in [0.25, 0.3) is 0 Å². The van der Waals surface area contributed by atoms with Gasteiger partial charge in [-0.2, -0.15) is 0 Å². The summed E-state index contributed by atoms with van der Waals surface area (Å²) in [5, 5.41) is 0. The molecule has 17 heavy (non-hydrogen) atoms. The molecule has 2 aromatic rings. The largest absolute Gasteiger partial charge is 0.300 e. The van der Waals surface area contributed by atoms with Crippen LogP contribution in [0.1, 0.15) is 49.3 Å². The molecule has 1 aliphatic carbocycles. The summed E-state index contributed by atoms with van der Waals surface area (Å²) in [6, 6.07) is 4.45. The van der Waals surface area contributed by atoms with Crippen LogP contribution < -0.4 is 0 Å². The van der Waals surface area contributed by atoms with Gasteiger partial charge in [0, 0.05) is 11.1 Å². The number of rotatable bonds is 0. The molecule has 0 amide bonds. The van der Waals surface area contributed by atoms with E-state index in [2.05, 4.69) is 44.2 Å². The maximum atomic E-state index is 4.83. The Labute approximate surface area is 103 Å². The van der Waals surface area contributed by atoms with Gasteiger partial charge < -0.3 is 4.40 Å². The van der Waals surface area contributed by atoms with Crippen LogP contribution in [0.25, 0.3) is 5.65 Å². The summed E-state index contributed by atoms with van der Waals surface area (Å²) < 4.78 is 2.36. The topological polar surface area (TPSA) is 17.3 Å². The first kappa shape index (κ1) is 10.8. The second kappa shape index (κ2) is 3.34. The Hall–Kier alpha value is -1.31. The Morgan fingerprint density at radius 2 is 2.00 bits per heavy atom. The lowest BCUT2D eigenvalue weighted by Gasteiger charge is -2.30. The quantitative estimate of drug-likeness (QED) is 0.674. The highest BCUT2D eigenvalue weighted by molar-refractivity contribution is 5.50. The van der Waals surface area contributed by atoms with Gasteiger partial charge in [-0.15, -0.1) is 0 Å². The van der Waals surface area contributed by atoms with Crippen molar-refractivity contribution in [1.29, 1.82) is 0 Å². The second-order valence-corrected chi connectivity index (χ2v) is 6.01. The summed E-state index contributed by atoms with van der Waals surface area (Å²) in [5.41, 5.74) is 6.75. The van der Waals surface area contributed by atoms with E-state index in [9.17, 15) is 0 Å². The van der Waals surface area contributed by atoms with Crippen LogP contribution in [0.5, 0.6) is 0 Å². The van der Waals surface area contributed by atoms with Gasteiger partial charge in [-0.05, 0) is 50.8 Å². The number of pyridine rings is 1. The third-order valence-corrected chi connectivity index (χ3v) is 3.98. The molecule has 0 saturated carbocycles. The number of hydrogen-bond acceptors (Lipinski definition) is 1. The molecule has 0 N–H and O–H groups in total. The van der Waals surface area contributed by atoms with E-state index in [1.807, 2.05) is 0 Å². The molecule has 2 heteroatoms. The van der Waals surface area contributed by atoms with E-state index in [4.69, 9.17) is 4.98 Å². The molecule has 0 bridgehead atoms. The lowest BCUT2D eigenvalue weighted by atomic mass is 9.78. The maximum Gasteiger partial charge on any atom is 0.137 e. The minimum atomic E-state index is 0.257. The Morgan fingerprint density at radius 3 is 2.76 bits per heavy atom. The lowest BCUT2D eigenvalue weighted by molar-refractivity contribution is 0.414. The normalized spacial score (nSPS) is 18.4. The predicted octanol–water partition coefficient (Wildman–Crippen LogP) is 3.57. The van der Waals surface area contributed by atoms with Crippen molar-refractivity contribution in [3.05, 3.63) is 34.8 Å². The van der Waals surface area contributed by atoms with Crippen LogP contribution in [0.2, 0.25) is 0 Å². The third-order valence-electron chi connectivity index (χ3n) is 3.98. The van der Waals surface area contributed by atoms with Crippen LogP contribution in [0.4, 0.5) is 0 Å². The van der Waals surface area contributed by atoms with E-state index in [-0.39, 0.29) is 5.41 Å². The van der Waals surface area contributed by atoms with Gasteiger partial charge in [0.05, 0.1) is 11.4 Å². The van der Waals surface area contributed by atoms with E-state index < -0.39 is 0 Å². The highest BCUT2D eigenvalue weighted by atomic mass is 15.0. The van der Waals surface area contributed by atoms with Crippen molar-refractivity contribution >= 4 is 5.65 Å². The maximum absolute atomic E-state index is 4.83. The van der Waals surface area contributed by atoms with Crippen LogP contribution in [0, 0.1) is 13.8 Å². The number of aromatic nitrogens is 2. The summed E-state index contributed by atoms with van der Waals surface area (Å²) in [6.45, 7) is 9.02. The highest BCUT2D eigenvalue weighted by Crippen LogP contribution is 2.37. The first-order valence-corrected chi connectivity index (χ1v) is 6.48. The Kier molecular flexibility index (Phi) is 2.13. The van der Waals surface area contributed by atoms with E-state index in [1.165, 1.54) is 35.5 Å². The Morgan fingerprint density at radius 1 is 1.24 bits per heavy atom. The molecule has 0 aliphatic heterocycles. The minimum absolute atomic E-state index is 0.257. The molecule has 3 rings (SSSR count). The highest BCUT2D eigenvalue weighted by Gasteiger charge is 2.32. The monoisotopic (exact) mass is 228 g/mol. The van der Waals surface area contributed by atoms with Crippen LogP contribution in [0.3, 0.4) is 0 Å². The molecule has 1 aliphatic rings. The number of aryl methyl sites for hydroxylation is 3. The molecular weight excluding hydrogens is 208 g/mol. The molecule has 0 radical (unpaired) electrons. The number of nitrogens with zero attached hydrogens (tertiary/aromatic N) is 2. The molecular formula is C15H20N2. The average molecular weight is 228 g/mol. The van der Waals surface area contributed by atoms with Crippen molar-refractivity contribution < 1.29 is 0 Å². The molecule has 2 heterocycles. The molecule has 0 fully saturated rings. The minimum Gasteiger partial charge on any atom is -0.300 e. The van der Waals surface area contributed by atoms with E-state index in [0.29, 0.717) is 0 Å². The number of imidazole rings is 1. The fourth-order valence-corrected chi connectivity index (χ4v) is 3.26. The van der Waals surface area contributed by atoms with Crippen molar-refractivity contribution in [3.63, 3.8) is 0 Å². The predicted molar refractivity (Wildman–Crippen MR) is 70.6 cm³/mol. The van der Waals surface area contributed by atoms with Gasteiger partial charge in [-0.3, -0.25) is 0 Å². The van der Waals surface area contributed by atoms with Gasteiger partial charge in [-0.25, -0.2) is 4.98 Å². The van der Waals surface area contributed by atoms with Gasteiger partial charge in [0.2, 0.25) is 0 Å². The molecule has 90 valence electrons. The smallest absolute Gasteiger partial charge is 0.137 e. The molecule has 0 spiro atoms. The van der Waals surface area contributed by atoms with Gasteiger partial charge >= 0.3 is 0 Å². The standard InChI is InChI=1S/C15H20N2/c1-10-8-11(2)17-13(9-10)16-12-6-5-7-15(3,4)14(12)17/h8-9H,5-7H2,1-4H3. The fourth-order valence-electron chi connectivity index (χ4n) is 3.26. The Bertz CT molecular complexity index is 590. The van der Waals surface area contributed by atoms with Crippen LogP contribution >= 0.6 is 0 Å². The Balaban J connectivity index is 2.41. The zero-order valence-electron chi connectivity index (χ0n) is 11.2. The fraction of sp³-hybridized carbons (Fsp3) is 0.533. The second-order valence-electron chi connectivity index (χ2n) is 6.01. The first-order chi connectivity index (χ1) is 7.99. The van der Waals surface area contributed by atoms with Gasteiger partial charge in [0.1, 0.15) is 5.65 Å². The molecule has 0 aromatic carbocycles. The lowest BCUT2D eigenvalue weighted by Crippen LogP contribution is -2.25. The van der Waals surface area contributed by atoms with Crippen LogP contribution in [0.15, 0.2) is 12.1 Å². The third kappa shape index (κ3) is 1.50. The molecule has 2 nitrogen and oxygen atoms in total. The zero-order chi connectivity index (χ0) is 12.2. The SMILES string of the molecule is Cc1cc(C)n2c3c(nc2c1)CCCC3(C)C.